The smallest absolute Gasteiger partial charge is 0.238 e. The molecule has 0 unspecified atom stereocenters. The third-order valence-electron chi connectivity index (χ3n) is 3.92. The lowest BCUT2D eigenvalue weighted by atomic mass is 10.1. The van der Waals surface area contributed by atoms with Crippen molar-refractivity contribution >= 4 is 40.3 Å². The number of carbonyl (C=O) groups excluding carboxylic acids is 1. The van der Waals surface area contributed by atoms with Gasteiger partial charge in [-0.15, -0.1) is 0 Å². The van der Waals surface area contributed by atoms with E-state index in [9.17, 15) is 4.79 Å². The maximum atomic E-state index is 12.7. The molecule has 1 heterocycles. The van der Waals surface area contributed by atoms with Gasteiger partial charge in [-0.1, -0.05) is 53.7 Å². The minimum atomic E-state index is -0.331. The summed E-state index contributed by atoms with van der Waals surface area (Å²) in [5.74, 6) is 0.0344. The van der Waals surface area contributed by atoms with Gasteiger partial charge in [0, 0.05) is 11.1 Å². The molecular formula is C18H16ClN3OS. The molecule has 1 fully saturated rings. The van der Waals surface area contributed by atoms with E-state index in [2.05, 4.69) is 15.3 Å². The Labute approximate surface area is 149 Å². The first kappa shape index (κ1) is 15.5. The summed E-state index contributed by atoms with van der Waals surface area (Å²) in [5, 5.41) is 4.14. The summed E-state index contributed by atoms with van der Waals surface area (Å²) in [6, 6.07) is 15.7. The molecule has 0 saturated heterocycles. The van der Waals surface area contributed by atoms with Crippen LogP contribution in [-0.4, -0.2) is 21.9 Å². The molecule has 4 rings (SSSR count). The summed E-state index contributed by atoms with van der Waals surface area (Å²) >= 11 is 7.46. The summed E-state index contributed by atoms with van der Waals surface area (Å²) in [7, 11) is 0. The topological polar surface area (TPSA) is 57.8 Å². The van der Waals surface area contributed by atoms with Crippen molar-refractivity contribution in [2.24, 2.45) is 0 Å². The summed E-state index contributed by atoms with van der Waals surface area (Å²) in [4.78, 5) is 20.5. The van der Waals surface area contributed by atoms with E-state index < -0.39 is 0 Å². The Kier molecular flexibility index (Phi) is 4.21. The molecule has 2 N–H and O–H groups in total. The van der Waals surface area contributed by atoms with Gasteiger partial charge < -0.3 is 10.3 Å². The second kappa shape index (κ2) is 6.49. The van der Waals surface area contributed by atoms with E-state index in [1.54, 1.807) is 0 Å². The van der Waals surface area contributed by atoms with Crippen molar-refractivity contribution in [2.75, 3.05) is 0 Å². The van der Waals surface area contributed by atoms with Crippen LogP contribution in [0, 0.1) is 0 Å². The van der Waals surface area contributed by atoms with E-state index in [-0.39, 0.29) is 11.2 Å². The quantitative estimate of drug-likeness (QED) is 0.668. The van der Waals surface area contributed by atoms with Crippen LogP contribution in [0.5, 0.6) is 0 Å². The molecule has 1 amide bonds. The Balaban J connectivity index is 1.63. The van der Waals surface area contributed by atoms with Crippen LogP contribution in [0.25, 0.3) is 11.0 Å². The first-order valence-electron chi connectivity index (χ1n) is 7.86. The first-order valence-corrected chi connectivity index (χ1v) is 9.12. The maximum absolute atomic E-state index is 12.7. The van der Waals surface area contributed by atoms with Gasteiger partial charge in [0.15, 0.2) is 5.16 Å². The zero-order chi connectivity index (χ0) is 16.5. The fraction of sp³-hybridized carbons (Fsp3) is 0.222. The lowest BCUT2D eigenvalue weighted by molar-refractivity contribution is -0.120. The van der Waals surface area contributed by atoms with Gasteiger partial charge >= 0.3 is 0 Å². The van der Waals surface area contributed by atoms with Crippen molar-refractivity contribution in [3.8, 4) is 0 Å². The molecule has 0 bridgehead atoms. The van der Waals surface area contributed by atoms with Crippen LogP contribution in [0.1, 0.15) is 23.7 Å². The second-order valence-electron chi connectivity index (χ2n) is 5.89. The highest BCUT2D eigenvalue weighted by atomic mass is 35.5. The Hall–Kier alpha value is -1.98. The molecule has 24 heavy (non-hydrogen) atoms. The van der Waals surface area contributed by atoms with Gasteiger partial charge in [0.2, 0.25) is 5.91 Å². The number of aromatic nitrogens is 2. The van der Waals surface area contributed by atoms with Gasteiger partial charge in [0.05, 0.1) is 11.0 Å². The molecule has 1 aliphatic carbocycles. The molecule has 122 valence electrons. The fourth-order valence-corrected chi connectivity index (χ4v) is 3.71. The minimum Gasteiger partial charge on any atom is -0.352 e. The highest BCUT2D eigenvalue weighted by Crippen LogP contribution is 2.36. The van der Waals surface area contributed by atoms with E-state index in [0.717, 1.165) is 29.4 Å². The van der Waals surface area contributed by atoms with Crippen molar-refractivity contribution in [3.05, 3.63) is 59.1 Å². The van der Waals surface area contributed by atoms with Crippen LogP contribution in [-0.2, 0) is 4.79 Å². The Morgan fingerprint density at radius 3 is 2.79 bits per heavy atom. The average molecular weight is 358 g/mol. The number of amides is 1. The number of hydrogen-bond donors (Lipinski definition) is 2. The first-order chi connectivity index (χ1) is 11.7. The zero-order valence-corrected chi connectivity index (χ0v) is 14.4. The number of thioether (sulfide) groups is 1. The molecule has 4 nitrogen and oxygen atoms in total. The van der Waals surface area contributed by atoms with E-state index in [1.807, 2.05) is 48.5 Å². The van der Waals surface area contributed by atoms with Crippen LogP contribution in [0.4, 0.5) is 0 Å². The van der Waals surface area contributed by atoms with Crippen LogP contribution >= 0.6 is 23.4 Å². The number of benzene rings is 2. The Morgan fingerprint density at radius 1 is 1.25 bits per heavy atom. The Bertz CT molecular complexity index is 876. The third kappa shape index (κ3) is 3.42. The van der Waals surface area contributed by atoms with Gasteiger partial charge in [-0.2, -0.15) is 0 Å². The standard InChI is InChI=1S/C18H16ClN3OS/c19-12-6-9-14-15(10-12)22-18(21-14)24-16(11-4-2-1-3-5-11)17(23)20-13-7-8-13/h1-6,9-10,13,16H,7-8H2,(H,20,23)(H,21,22)/t16-/m1/s1. The molecule has 2 aromatic carbocycles. The van der Waals surface area contributed by atoms with E-state index in [1.165, 1.54) is 11.8 Å². The zero-order valence-electron chi connectivity index (χ0n) is 12.8. The molecule has 1 saturated carbocycles. The number of H-pyrrole nitrogens is 1. The number of hydrogen-bond acceptors (Lipinski definition) is 3. The molecule has 6 heteroatoms. The highest BCUT2D eigenvalue weighted by molar-refractivity contribution is 8.00. The molecule has 1 aliphatic rings. The molecule has 1 aromatic heterocycles. The van der Waals surface area contributed by atoms with Crippen molar-refractivity contribution in [2.45, 2.75) is 29.3 Å². The van der Waals surface area contributed by atoms with Crippen molar-refractivity contribution in [3.63, 3.8) is 0 Å². The predicted octanol–water partition coefficient (Wildman–Crippen LogP) is 4.33. The summed E-state index contributed by atoms with van der Waals surface area (Å²) in [6.45, 7) is 0. The lowest BCUT2D eigenvalue weighted by Gasteiger charge is -2.15. The molecule has 0 spiro atoms. The van der Waals surface area contributed by atoms with E-state index in [4.69, 9.17) is 11.6 Å². The normalized spacial score (nSPS) is 15.4. The van der Waals surface area contributed by atoms with Crippen molar-refractivity contribution < 1.29 is 4.79 Å². The summed E-state index contributed by atoms with van der Waals surface area (Å²) in [5.41, 5.74) is 2.69. The minimum absolute atomic E-state index is 0.0344. The van der Waals surface area contributed by atoms with Crippen LogP contribution < -0.4 is 5.32 Å². The number of imidazole rings is 1. The van der Waals surface area contributed by atoms with Crippen molar-refractivity contribution in [1.82, 2.24) is 15.3 Å². The largest absolute Gasteiger partial charge is 0.352 e. The highest BCUT2D eigenvalue weighted by Gasteiger charge is 2.29. The van der Waals surface area contributed by atoms with Gasteiger partial charge in [-0.05, 0) is 36.6 Å². The number of carbonyl (C=O) groups is 1. The van der Waals surface area contributed by atoms with E-state index in [0.29, 0.717) is 16.2 Å². The average Bonchev–Trinajstić information content (AvgIpc) is 3.30. The van der Waals surface area contributed by atoms with Gasteiger partial charge in [-0.3, -0.25) is 4.79 Å². The van der Waals surface area contributed by atoms with E-state index >= 15 is 0 Å². The molecule has 3 aromatic rings. The van der Waals surface area contributed by atoms with Crippen LogP contribution in [0.15, 0.2) is 53.7 Å². The number of halogens is 1. The van der Waals surface area contributed by atoms with Gasteiger partial charge in [0.25, 0.3) is 0 Å². The number of fused-ring (bicyclic) bond motifs is 1. The van der Waals surface area contributed by atoms with Gasteiger partial charge in [0.1, 0.15) is 5.25 Å². The number of aromatic amines is 1. The van der Waals surface area contributed by atoms with Crippen LogP contribution in [0.2, 0.25) is 5.02 Å². The Morgan fingerprint density at radius 2 is 2.04 bits per heavy atom. The van der Waals surface area contributed by atoms with Gasteiger partial charge in [-0.25, -0.2) is 4.98 Å². The molecular weight excluding hydrogens is 342 g/mol. The monoisotopic (exact) mass is 357 g/mol. The molecule has 0 radical (unpaired) electrons. The predicted molar refractivity (Wildman–Crippen MR) is 97.3 cm³/mol. The van der Waals surface area contributed by atoms with Crippen molar-refractivity contribution in [1.29, 1.82) is 0 Å². The third-order valence-corrected chi connectivity index (χ3v) is 5.29. The molecule has 1 atom stereocenters. The van der Waals surface area contributed by atoms with Crippen LogP contribution in [0.3, 0.4) is 0 Å². The molecule has 0 aliphatic heterocycles. The second-order valence-corrected chi connectivity index (χ2v) is 7.43. The summed E-state index contributed by atoms with van der Waals surface area (Å²) in [6.07, 6.45) is 2.14. The summed E-state index contributed by atoms with van der Waals surface area (Å²) < 4.78 is 0. The number of rotatable bonds is 5. The maximum Gasteiger partial charge on any atom is 0.238 e. The SMILES string of the molecule is O=C(NC1CC1)[C@H](Sc1nc2ccc(Cl)cc2[nH]1)c1ccccc1. The fourth-order valence-electron chi connectivity index (χ4n) is 2.53. The number of nitrogens with zero attached hydrogens (tertiary/aromatic N) is 1. The number of nitrogens with one attached hydrogen (secondary N) is 2. The lowest BCUT2D eigenvalue weighted by Crippen LogP contribution is -2.29.